The van der Waals surface area contributed by atoms with E-state index in [1.165, 1.54) is 12.0 Å². The van der Waals surface area contributed by atoms with E-state index in [0.717, 1.165) is 41.4 Å². The zero-order valence-electron chi connectivity index (χ0n) is 19.6. The number of nitrogens with zero attached hydrogens (tertiary/aromatic N) is 1. The molecular formula is C27H31ClN2O5. The van der Waals surface area contributed by atoms with Crippen molar-refractivity contribution in [1.29, 1.82) is 0 Å². The van der Waals surface area contributed by atoms with Gasteiger partial charge in [-0.2, -0.15) is 0 Å². The molecule has 1 aliphatic heterocycles. The molecule has 2 atom stereocenters. The second-order valence-electron chi connectivity index (χ2n) is 9.47. The van der Waals surface area contributed by atoms with Gasteiger partial charge in [0.05, 0.1) is 25.9 Å². The van der Waals surface area contributed by atoms with Crippen LogP contribution in [0.5, 0.6) is 5.75 Å². The Balaban J connectivity index is 1.42. The number of amides is 1. The minimum absolute atomic E-state index is 0.283. The van der Waals surface area contributed by atoms with Crippen molar-refractivity contribution in [2.24, 2.45) is 5.92 Å². The molecule has 8 heteroatoms. The van der Waals surface area contributed by atoms with Gasteiger partial charge in [-0.05, 0) is 66.6 Å². The number of halogens is 1. The summed E-state index contributed by atoms with van der Waals surface area (Å²) in [5.41, 5.74) is 4.10. The van der Waals surface area contributed by atoms with E-state index in [1.54, 1.807) is 0 Å². The summed E-state index contributed by atoms with van der Waals surface area (Å²) in [6.45, 7) is 1.05. The largest absolute Gasteiger partial charge is 0.493 e. The first-order valence-corrected chi connectivity index (χ1v) is 12.7. The highest BCUT2D eigenvalue weighted by Crippen LogP contribution is 2.40. The number of aliphatic hydroxyl groups excluding tert-OH is 2. The van der Waals surface area contributed by atoms with E-state index in [-0.39, 0.29) is 18.7 Å². The lowest BCUT2D eigenvalue weighted by Gasteiger charge is -2.36. The van der Waals surface area contributed by atoms with Crippen LogP contribution in [-0.4, -0.2) is 58.7 Å². The molecule has 0 bridgehead atoms. The van der Waals surface area contributed by atoms with E-state index in [0.29, 0.717) is 42.9 Å². The van der Waals surface area contributed by atoms with Crippen LogP contribution in [0.2, 0.25) is 5.02 Å². The number of fused-ring (bicyclic) bond motifs is 3. The Morgan fingerprint density at radius 1 is 1.20 bits per heavy atom. The molecule has 1 aliphatic carbocycles. The number of aromatic amines is 1. The Kier molecular flexibility index (Phi) is 7.18. The van der Waals surface area contributed by atoms with Crippen LogP contribution in [-0.2, 0) is 11.2 Å². The highest BCUT2D eigenvalue weighted by Gasteiger charge is 2.36. The summed E-state index contributed by atoms with van der Waals surface area (Å²) in [5, 5.41) is 20.2. The summed E-state index contributed by atoms with van der Waals surface area (Å²) in [5.74, 6) is 1.14. The Morgan fingerprint density at radius 3 is 2.71 bits per heavy atom. The summed E-state index contributed by atoms with van der Waals surface area (Å²) >= 11 is 6.29. The summed E-state index contributed by atoms with van der Waals surface area (Å²) in [7, 11) is 0. The van der Waals surface area contributed by atoms with Crippen LogP contribution in [0.15, 0.2) is 42.5 Å². The number of carbonyl (C=O) groups excluding carboxylic acids is 1. The molecule has 1 saturated carbocycles. The summed E-state index contributed by atoms with van der Waals surface area (Å²) in [4.78, 5) is 18.6. The molecule has 3 aromatic rings. The smallest absolute Gasteiger partial charge is 0.410 e. The molecular weight excluding hydrogens is 468 g/mol. The molecule has 0 spiro atoms. The van der Waals surface area contributed by atoms with E-state index < -0.39 is 6.10 Å². The number of hydrogen-bond acceptors (Lipinski definition) is 5. The average molecular weight is 499 g/mol. The monoisotopic (exact) mass is 498 g/mol. The van der Waals surface area contributed by atoms with Gasteiger partial charge in [0.25, 0.3) is 0 Å². The van der Waals surface area contributed by atoms with Gasteiger partial charge in [0.15, 0.2) is 0 Å². The third-order valence-electron chi connectivity index (χ3n) is 7.12. The molecule has 35 heavy (non-hydrogen) atoms. The number of carbonyl (C=O) groups is 1. The second kappa shape index (κ2) is 10.5. The minimum Gasteiger partial charge on any atom is -0.493 e. The Morgan fingerprint density at radius 2 is 2.00 bits per heavy atom. The van der Waals surface area contributed by atoms with Crippen molar-refractivity contribution in [3.05, 3.63) is 64.3 Å². The molecule has 0 saturated heterocycles. The van der Waals surface area contributed by atoms with Crippen molar-refractivity contribution in [2.75, 3.05) is 26.4 Å². The number of benzene rings is 2. The molecule has 186 valence electrons. The van der Waals surface area contributed by atoms with Crippen LogP contribution >= 0.6 is 11.6 Å². The number of H-pyrrole nitrogens is 1. The normalized spacial score (nSPS) is 18.7. The van der Waals surface area contributed by atoms with Gasteiger partial charge in [0.2, 0.25) is 0 Å². The van der Waals surface area contributed by atoms with Gasteiger partial charge in [-0.3, -0.25) is 4.90 Å². The first-order chi connectivity index (χ1) is 17.0. The van der Waals surface area contributed by atoms with Crippen molar-refractivity contribution in [3.8, 4) is 5.75 Å². The topological polar surface area (TPSA) is 95.0 Å². The predicted octanol–water partition coefficient (Wildman–Crippen LogP) is 4.83. The molecule has 1 amide bonds. The van der Waals surface area contributed by atoms with Crippen LogP contribution in [0.25, 0.3) is 10.9 Å². The van der Waals surface area contributed by atoms with Crippen LogP contribution in [0.4, 0.5) is 4.79 Å². The first kappa shape index (κ1) is 24.0. The molecule has 1 fully saturated rings. The number of aromatic nitrogens is 1. The van der Waals surface area contributed by atoms with E-state index in [9.17, 15) is 9.90 Å². The lowest BCUT2D eigenvalue weighted by Crippen LogP contribution is -2.41. The van der Waals surface area contributed by atoms with Crippen LogP contribution in [0.1, 0.15) is 48.5 Å². The first-order valence-electron chi connectivity index (χ1n) is 12.3. The third kappa shape index (κ3) is 5.13. The number of ether oxygens (including phenoxy) is 2. The number of nitrogens with one attached hydrogen (secondary N) is 1. The van der Waals surface area contributed by atoms with E-state index in [4.69, 9.17) is 26.2 Å². The van der Waals surface area contributed by atoms with E-state index in [2.05, 4.69) is 4.98 Å². The quantitative estimate of drug-likeness (QED) is 0.413. The van der Waals surface area contributed by atoms with Gasteiger partial charge in [-0.25, -0.2) is 4.79 Å². The Labute approximate surface area is 209 Å². The minimum atomic E-state index is -0.787. The lowest BCUT2D eigenvalue weighted by molar-refractivity contribution is 0.0620. The van der Waals surface area contributed by atoms with Gasteiger partial charge < -0.3 is 24.7 Å². The molecule has 2 aliphatic rings. The second-order valence-corrected chi connectivity index (χ2v) is 9.91. The fourth-order valence-electron chi connectivity index (χ4n) is 4.89. The number of rotatable bonds is 8. The number of hydrogen-bond donors (Lipinski definition) is 3. The molecule has 0 radical (unpaired) electrons. The van der Waals surface area contributed by atoms with Crippen molar-refractivity contribution in [3.63, 3.8) is 0 Å². The lowest BCUT2D eigenvalue weighted by atomic mass is 9.86. The van der Waals surface area contributed by atoms with E-state index in [1.807, 2.05) is 47.4 Å². The van der Waals surface area contributed by atoms with Crippen molar-refractivity contribution in [2.45, 2.75) is 44.2 Å². The van der Waals surface area contributed by atoms with E-state index >= 15 is 0 Å². The molecule has 3 N–H and O–H groups in total. The zero-order valence-corrected chi connectivity index (χ0v) is 20.3. The van der Waals surface area contributed by atoms with Crippen LogP contribution in [0, 0.1) is 5.92 Å². The summed E-state index contributed by atoms with van der Waals surface area (Å²) in [6.07, 6.45) is 3.46. The molecule has 7 nitrogen and oxygen atoms in total. The molecule has 5 rings (SSSR count). The Hall–Kier alpha value is -2.74. The Bertz CT molecular complexity index is 1170. The van der Waals surface area contributed by atoms with Crippen molar-refractivity contribution >= 4 is 28.6 Å². The van der Waals surface area contributed by atoms with Gasteiger partial charge in [0, 0.05) is 34.6 Å². The van der Waals surface area contributed by atoms with Gasteiger partial charge >= 0.3 is 6.09 Å². The highest BCUT2D eigenvalue weighted by molar-refractivity contribution is 6.31. The summed E-state index contributed by atoms with van der Waals surface area (Å²) < 4.78 is 11.4. The SMILES string of the molecule is O=C(OCC1CCC1)N1CCc2c([nH]c3ccc(Cl)cc23)C1c1ccc(OCCC(O)CO)cc1. The van der Waals surface area contributed by atoms with Crippen molar-refractivity contribution in [1.82, 2.24) is 9.88 Å². The number of aliphatic hydroxyl groups is 2. The molecule has 1 aromatic heterocycles. The van der Waals surface area contributed by atoms with Gasteiger partial charge in [-0.1, -0.05) is 30.2 Å². The maximum absolute atomic E-state index is 13.2. The highest BCUT2D eigenvalue weighted by atomic mass is 35.5. The average Bonchev–Trinajstić information content (AvgIpc) is 3.20. The molecule has 2 unspecified atom stereocenters. The maximum Gasteiger partial charge on any atom is 0.410 e. The molecule has 2 heterocycles. The van der Waals surface area contributed by atoms with Crippen LogP contribution in [0.3, 0.4) is 0 Å². The molecule has 2 aromatic carbocycles. The standard InChI is InChI=1S/C27H31ClN2O5/c28-19-6-9-24-23(14-19)22-10-12-30(27(33)35-16-17-2-1-3-17)26(25(22)29-24)18-4-7-21(8-5-18)34-13-11-20(32)15-31/h4-9,14,17,20,26,29,31-32H,1-3,10-13,15-16H2. The fraction of sp³-hybridized carbons (Fsp3) is 0.444. The predicted molar refractivity (Wildman–Crippen MR) is 134 cm³/mol. The zero-order chi connectivity index (χ0) is 24.4. The van der Waals surface area contributed by atoms with Crippen LogP contribution < -0.4 is 4.74 Å². The van der Waals surface area contributed by atoms with Crippen molar-refractivity contribution < 1.29 is 24.5 Å². The van der Waals surface area contributed by atoms with Gasteiger partial charge in [-0.15, -0.1) is 0 Å². The fourth-order valence-corrected chi connectivity index (χ4v) is 5.06. The maximum atomic E-state index is 13.2. The van der Waals surface area contributed by atoms with Gasteiger partial charge in [0.1, 0.15) is 11.8 Å². The third-order valence-corrected chi connectivity index (χ3v) is 7.35. The summed E-state index contributed by atoms with van der Waals surface area (Å²) in [6, 6.07) is 13.2.